The summed E-state index contributed by atoms with van der Waals surface area (Å²) in [6.45, 7) is 7.86. The number of anilines is 2. The minimum atomic E-state index is -3.79. The topological polar surface area (TPSA) is 88.2 Å². The van der Waals surface area contributed by atoms with Gasteiger partial charge in [0, 0.05) is 31.4 Å². The van der Waals surface area contributed by atoms with Crippen LogP contribution in [0, 0.1) is 0 Å². The molecule has 8 nitrogen and oxygen atoms in total. The second-order valence-corrected chi connectivity index (χ2v) is 9.19. The molecule has 1 N–H and O–H groups in total. The Balaban J connectivity index is 2.21. The van der Waals surface area contributed by atoms with Crippen LogP contribution < -0.4 is 24.0 Å². The number of nitrogens with zero attached hydrogens (tertiary/aromatic N) is 2. The predicted octanol–water partition coefficient (Wildman–Crippen LogP) is 3.02. The maximum absolute atomic E-state index is 12.9. The van der Waals surface area contributed by atoms with Gasteiger partial charge in [-0.3, -0.25) is 9.10 Å². The van der Waals surface area contributed by atoms with Crippen molar-refractivity contribution < 1.29 is 22.7 Å². The number of methoxy groups -OCH3 is 2. The van der Waals surface area contributed by atoms with Gasteiger partial charge in [-0.1, -0.05) is 12.1 Å². The third-order valence-electron chi connectivity index (χ3n) is 5.24. The number of nitrogens with one attached hydrogen (secondary N) is 1. The third-order valence-corrected chi connectivity index (χ3v) is 6.47. The molecule has 0 saturated carbocycles. The molecule has 0 heterocycles. The van der Waals surface area contributed by atoms with E-state index in [2.05, 4.69) is 24.1 Å². The smallest absolute Gasteiger partial charge is 0.243 e. The fraction of sp³-hybridized carbons (Fsp3) is 0.435. The van der Waals surface area contributed by atoms with E-state index in [-0.39, 0.29) is 12.2 Å². The van der Waals surface area contributed by atoms with Crippen LogP contribution in [0.4, 0.5) is 11.4 Å². The number of hydrogen-bond donors (Lipinski definition) is 1. The molecule has 0 bridgehead atoms. The molecule has 0 fully saturated rings. The minimum absolute atomic E-state index is 0.237. The van der Waals surface area contributed by atoms with E-state index in [4.69, 9.17) is 9.47 Å². The van der Waals surface area contributed by atoms with E-state index in [0.717, 1.165) is 34.9 Å². The highest BCUT2D eigenvalue weighted by atomic mass is 32.2. The molecule has 32 heavy (non-hydrogen) atoms. The Hall–Kier alpha value is -2.94. The van der Waals surface area contributed by atoms with Gasteiger partial charge >= 0.3 is 0 Å². The highest BCUT2D eigenvalue weighted by molar-refractivity contribution is 7.92. The molecule has 0 aliphatic heterocycles. The number of rotatable bonds is 11. The largest absolute Gasteiger partial charge is 0.497 e. The van der Waals surface area contributed by atoms with Crippen LogP contribution in [-0.4, -0.2) is 53.9 Å². The van der Waals surface area contributed by atoms with E-state index in [1.807, 2.05) is 24.3 Å². The maximum atomic E-state index is 12.9. The normalized spacial score (nSPS) is 12.1. The highest BCUT2D eigenvalue weighted by Gasteiger charge is 2.31. The molecule has 2 aromatic rings. The van der Waals surface area contributed by atoms with Gasteiger partial charge in [-0.05, 0) is 50.6 Å². The predicted molar refractivity (Wildman–Crippen MR) is 128 cm³/mol. The standard InChI is InChI=1S/C23H33N3O5S/c1-7-25(8-2)19-11-9-18(10-12-19)16-24-23(27)17(3)26(32(6,28)29)21-15-20(30-4)13-14-22(21)31-5/h9-15,17H,7-8,16H2,1-6H3,(H,24,27)/t17-/m0/s1. The second-order valence-electron chi connectivity index (χ2n) is 7.33. The first-order chi connectivity index (χ1) is 15.2. The van der Waals surface area contributed by atoms with Gasteiger partial charge in [-0.15, -0.1) is 0 Å². The molecule has 0 saturated heterocycles. The molecule has 0 radical (unpaired) electrons. The van der Waals surface area contributed by atoms with Gasteiger partial charge in [0.15, 0.2) is 0 Å². The van der Waals surface area contributed by atoms with Gasteiger partial charge in [-0.2, -0.15) is 0 Å². The van der Waals surface area contributed by atoms with E-state index < -0.39 is 22.0 Å². The monoisotopic (exact) mass is 463 g/mol. The summed E-state index contributed by atoms with van der Waals surface area (Å²) in [5, 5.41) is 2.83. The van der Waals surface area contributed by atoms with Crippen LogP contribution in [0.2, 0.25) is 0 Å². The van der Waals surface area contributed by atoms with Crippen molar-refractivity contribution in [1.82, 2.24) is 5.32 Å². The summed E-state index contributed by atoms with van der Waals surface area (Å²) in [5.41, 5.74) is 2.28. The summed E-state index contributed by atoms with van der Waals surface area (Å²) in [4.78, 5) is 15.1. The van der Waals surface area contributed by atoms with Crippen LogP contribution in [-0.2, 0) is 21.4 Å². The summed E-state index contributed by atoms with van der Waals surface area (Å²) >= 11 is 0. The van der Waals surface area contributed by atoms with Crippen LogP contribution in [0.15, 0.2) is 42.5 Å². The van der Waals surface area contributed by atoms with E-state index in [9.17, 15) is 13.2 Å². The Morgan fingerprint density at radius 1 is 1.03 bits per heavy atom. The molecule has 1 amide bonds. The number of carbonyl (C=O) groups excluding carboxylic acids is 1. The molecule has 9 heteroatoms. The second kappa shape index (κ2) is 11.1. The fourth-order valence-electron chi connectivity index (χ4n) is 3.50. The Bertz CT molecular complexity index is 1000. The van der Waals surface area contributed by atoms with Crippen molar-refractivity contribution >= 4 is 27.3 Å². The molecular weight excluding hydrogens is 430 g/mol. The average molecular weight is 464 g/mol. The van der Waals surface area contributed by atoms with Gasteiger partial charge in [-0.25, -0.2) is 8.42 Å². The minimum Gasteiger partial charge on any atom is -0.497 e. The van der Waals surface area contributed by atoms with Gasteiger partial charge in [0.25, 0.3) is 0 Å². The lowest BCUT2D eigenvalue weighted by atomic mass is 10.2. The molecule has 0 aliphatic rings. The number of carbonyl (C=O) groups is 1. The summed E-state index contributed by atoms with van der Waals surface area (Å²) in [6.07, 6.45) is 1.06. The molecule has 176 valence electrons. The zero-order valence-corrected chi connectivity index (χ0v) is 20.4. The Morgan fingerprint density at radius 3 is 2.16 bits per heavy atom. The van der Waals surface area contributed by atoms with Crippen LogP contribution >= 0.6 is 0 Å². The Morgan fingerprint density at radius 2 is 1.66 bits per heavy atom. The van der Waals surface area contributed by atoms with Gasteiger partial charge in [0.05, 0.1) is 26.2 Å². The van der Waals surface area contributed by atoms with Crippen LogP contribution in [0.5, 0.6) is 11.5 Å². The first-order valence-corrected chi connectivity index (χ1v) is 12.3. The fourth-order valence-corrected chi connectivity index (χ4v) is 4.67. The zero-order chi connectivity index (χ0) is 23.9. The number of hydrogen-bond acceptors (Lipinski definition) is 6. The zero-order valence-electron chi connectivity index (χ0n) is 19.6. The lowest BCUT2D eigenvalue weighted by Crippen LogP contribution is -2.47. The molecule has 1 atom stereocenters. The summed E-state index contributed by atoms with van der Waals surface area (Å²) in [5.74, 6) is 0.353. The number of benzene rings is 2. The van der Waals surface area contributed by atoms with E-state index in [0.29, 0.717) is 11.5 Å². The lowest BCUT2D eigenvalue weighted by Gasteiger charge is -2.29. The number of amides is 1. The summed E-state index contributed by atoms with van der Waals surface area (Å²) < 4.78 is 36.9. The van der Waals surface area contributed by atoms with Gasteiger partial charge < -0.3 is 19.7 Å². The first-order valence-electron chi connectivity index (χ1n) is 10.5. The molecule has 0 aliphatic carbocycles. The average Bonchev–Trinajstić information content (AvgIpc) is 2.78. The molecular formula is C23H33N3O5S. The Labute approximate surface area is 191 Å². The molecule has 0 unspecified atom stereocenters. The van der Waals surface area contributed by atoms with Gasteiger partial charge in [0.2, 0.25) is 15.9 Å². The van der Waals surface area contributed by atoms with E-state index in [1.54, 1.807) is 19.1 Å². The third kappa shape index (κ3) is 6.06. The number of ether oxygens (including phenoxy) is 2. The first kappa shape index (κ1) is 25.3. The van der Waals surface area contributed by atoms with E-state index in [1.165, 1.54) is 20.3 Å². The summed E-state index contributed by atoms with van der Waals surface area (Å²) in [6, 6.07) is 11.8. The molecule has 0 spiro atoms. The van der Waals surface area contributed by atoms with Crippen molar-refractivity contribution in [2.45, 2.75) is 33.4 Å². The van der Waals surface area contributed by atoms with Crippen molar-refractivity contribution in [1.29, 1.82) is 0 Å². The lowest BCUT2D eigenvalue weighted by molar-refractivity contribution is -0.122. The van der Waals surface area contributed by atoms with Crippen molar-refractivity contribution in [3.63, 3.8) is 0 Å². The van der Waals surface area contributed by atoms with Crippen molar-refractivity contribution in [3.05, 3.63) is 48.0 Å². The van der Waals surface area contributed by atoms with Crippen LogP contribution in [0.1, 0.15) is 26.3 Å². The van der Waals surface area contributed by atoms with Crippen LogP contribution in [0.25, 0.3) is 0 Å². The van der Waals surface area contributed by atoms with Gasteiger partial charge in [0.1, 0.15) is 17.5 Å². The van der Waals surface area contributed by atoms with Crippen molar-refractivity contribution in [2.75, 3.05) is 42.8 Å². The Kier molecular flexibility index (Phi) is 8.77. The number of sulfonamides is 1. The molecule has 2 rings (SSSR count). The van der Waals surface area contributed by atoms with Crippen molar-refractivity contribution in [2.24, 2.45) is 0 Å². The van der Waals surface area contributed by atoms with E-state index >= 15 is 0 Å². The van der Waals surface area contributed by atoms with Crippen LogP contribution in [0.3, 0.4) is 0 Å². The molecule has 2 aromatic carbocycles. The molecule has 0 aromatic heterocycles. The maximum Gasteiger partial charge on any atom is 0.243 e. The SMILES string of the molecule is CCN(CC)c1ccc(CNC(=O)[C@H](C)N(c2cc(OC)ccc2OC)S(C)(=O)=O)cc1. The summed E-state index contributed by atoms with van der Waals surface area (Å²) in [7, 11) is -0.865. The van der Waals surface area contributed by atoms with Crippen molar-refractivity contribution in [3.8, 4) is 11.5 Å². The quantitative estimate of drug-likeness (QED) is 0.551. The highest BCUT2D eigenvalue weighted by Crippen LogP contribution is 2.35.